The predicted molar refractivity (Wildman–Crippen MR) is 74.7 cm³/mol. The van der Waals surface area contributed by atoms with E-state index in [1.54, 1.807) is 0 Å². The maximum absolute atomic E-state index is 11.8. The summed E-state index contributed by atoms with van der Waals surface area (Å²) in [4.78, 5) is 11.8. The van der Waals surface area contributed by atoms with Crippen molar-refractivity contribution in [2.45, 2.75) is 71.8 Å². The molecule has 0 amide bonds. The summed E-state index contributed by atoms with van der Waals surface area (Å²) in [6.07, 6.45) is 8.70. The van der Waals surface area contributed by atoms with Gasteiger partial charge in [0.1, 0.15) is 5.78 Å². The van der Waals surface area contributed by atoms with Crippen LogP contribution < -0.4 is 0 Å². The van der Waals surface area contributed by atoms with Crippen LogP contribution in [0.2, 0.25) is 0 Å². The molecule has 18 heavy (non-hydrogen) atoms. The number of carbonyl (C=O) groups excluding carboxylic acids is 1. The molecule has 1 aromatic heterocycles. The van der Waals surface area contributed by atoms with Crippen LogP contribution in [0.4, 0.5) is 0 Å². The summed E-state index contributed by atoms with van der Waals surface area (Å²) < 4.78 is 2.01. The molecule has 0 spiro atoms. The van der Waals surface area contributed by atoms with Gasteiger partial charge in [0.2, 0.25) is 0 Å². The maximum atomic E-state index is 11.8. The summed E-state index contributed by atoms with van der Waals surface area (Å²) in [5.41, 5.74) is 0.920. The Kier molecular flexibility index (Phi) is 6.69. The van der Waals surface area contributed by atoms with Crippen molar-refractivity contribution in [2.75, 3.05) is 0 Å². The zero-order valence-electron chi connectivity index (χ0n) is 12.0. The minimum atomic E-state index is 0.318. The molecule has 0 aliphatic rings. The average Bonchev–Trinajstić information content (AvgIpc) is 2.79. The second-order valence-corrected chi connectivity index (χ2v) is 4.93. The number of rotatable bonds is 9. The Bertz CT molecular complexity index is 353. The Labute approximate surface area is 111 Å². The van der Waals surface area contributed by atoms with E-state index in [0.717, 1.165) is 37.8 Å². The molecule has 1 heterocycles. The zero-order valence-corrected chi connectivity index (χ0v) is 12.0. The number of ketones is 1. The van der Waals surface area contributed by atoms with Gasteiger partial charge in [0.05, 0.1) is 18.2 Å². The van der Waals surface area contributed by atoms with Gasteiger partial charge in [0.25, 0.3) is 0 Å². The van der Waals surface area contributed by atoms with Crippen molar-refractivity contribution < 1.29 is 4.79 Å². The highest BCUT2D eigenvalue weighted by atomic mass is 16.1. The van der Waals surface area contributed by atoms with E-state index in [0.29, 0.717) is 24.7 Å². The van der Waals surface area contributed by atoms with Gasteiger partial charge in [-0.1, -0.05) is 33.6 Å². The van der Waals surface area contributed by atoms with Gasteiger partial charge in [0.15, 0.2) is 0 Å². The number of Topliss-reactive ketones (excluding diaryl/α,β-unsaturated/α-hetero) is 1. The fourth-order valence-corrected chi connectivity index (χ4v) is 2.20. The molecular formula is C15H26N2O. The predicted octanol–water partition coefficient (Wildman–Crippen LogP) is 3.94. The molecular weight excluding hydrogens is 224 g/mol. The van der Waals surface area contributed by atoms with Crippen molar-refractivity contribution in [3.05, 3.63) is 18.0 Å². The Balaban J connectivity index is 2.45. The lowest BCUT2D eigenvalue weighted by Gasteiger charge is -2.12. The first-order valence-corrected chi connectivity index (χ1v) is 7.26. The second-order valence-electron chi connectivity index (χ2n) is 4.93. The minimum absolute atomic E-state index is 0.318. The topological polar surface area (TPSA) is 34.9 Å². The van der Waals surface area contributed by atoms with Crippen molar-refractivity contribution in [1.82, 2.24) is 9.78 Å². The standard InChI is InChI=1S/C15H26N2O/c1-4-7-8-9-15(18)12-13-10-11-17(16-13)14(5-2)6-3/h10-11,14H,4-9,12H2,1-3H3. The first-order chi connectivity index (χ1) is 8.71. The SMILES string of the molecule is CCCCCC(=O)Cc1ccn(C(CC)CC)n1. The van der Waals surface area contributed by atoms with Crippen molar-refractivity contribution >= 4 is 5.78 Å². The molecule has 0 saturated carbocycles. The molecule has 0 N–H and O–H groups in total. The normalized spacial score (nSPS) is 11.1. The third-order valence-corrected chi connectivity index (χ3v) is 3.42. The van der Waals surface area contributed by atoms with E-state index in [-0.39, 0.29) is 0 Å². The third-order valence-electron chi connectivity index (χ3n) is 3.42. The number of aromatic nitrogens is 2. The van der Waals surface area contributed by atoms with Crippen molar-refractivity contribution in [3.63, 3.8) is 0 Å². The summed E-state index contributed by atoms with van der Waals surface area (Å²) in [6, 6.07) is 2.45. The van der Waals surface area contributed by atoms with Gasteiger partial charge in [-0.05, 0) is 25.3 Å². The highest BCUT2D eigenvalue weighted by Crippen LogP contribution is 2.15. The summed E-state index contributed by atoms with van der Waals surface area (Å²) in [5, 5.41) is 4.52. The van der Waals surface area contributed by atoms with E-state index in [4.69, 9.17) is 0 Å². The Morgan fingerprint density at radius 1 is 1.28 bits per heavy atom. The lowest BCUT2D eigenvalue weighted by Crippen LogP contribution is -2.09. The van der Waals surface area contributed by atoms with Gasteiger partial charge in [-0.25, -0.2) is 0 Å². The van der Waals surface area contributed by atoms with Gasteiger partial charge in [-0.15, -0.1) is 0 Å². The van der Waals surface area contributed by atoms with E-state index in [1.165, 1.54) is 0 Å². The molecule has 0 saturated heterocycles. The number of hydrogen-bond acceptors (Lipinski definition) is 2. The van der Waals surface area contributed by atoms with Crippen molar-refractivity contribution in [2.24, 2.45) is 0 Å². The smallest absolute Gasteiger partial charge is 0.138 e. The zero-order chi connectivity index (χ0) is 13.4. The van der Waals surface area contributed by atoms with Crippen LogP contribution in [-0.2, 0) is 11.2 Å². The number of unbranched alkanes of at least 4 members (excludes halogenated alkanes) is 2. The van der Waals surface area contributed by atoms with Gasteiger partial charge in [0, 0.05) is 12.6 Å². The molecule has 0 fully saturated rings. The van der Waals surface area contributed by atoms with E-state index >= 15 is 0 Å². The average molecular weight is 250 g/mol. The fraction of sp³-hybridized carbons (Fsp3) is 0.733. The van der Waals surface area contributed by atoms with Crippen LogP contribution in [0, 0.1) is 0 Å². The fourth-order valence-electron chi connectivity index (χ4n) is 2.20. The molecule has 0 atom stereocenters. The molecule has 3 heteroatoms. The highest BCUT2D eigenvalue weighted by Gasteiger charge is 2.10. The molecule has 0 unspecified atom stereocenters. The maximum Gasteiger partial charge on any atom is 0.138 e. The van der Waals surface area contributed by atoms with Crippen molar-refractivity contribution in [1.29, 1.82) is 0 Å². The largest absolute Gasteiger partial charge is 0.299 e. The summed E-state index contributed by atoms with van der Waals surface area (Å²) in [6.45, 7) is 6.50. The number of hydrogen-bond donors (Lipinski definition) is 0. The van der Waals surface area contributed by atoms with E-state index in [9.17, 15) is 4.79 Å². The monoisotopic (exact) mass is 250 g/mol. The van der Waals surface area contributed by atoms with E-state index < -0.39 is 0 Å². The van der Waals surface area contributed by atoms with Crippen LogP contribution >= 0.6 is 0 Å². The van der Waals surface area contributed by atoms with Crippen LogP contribution in [0.1, 0.15) is 71.0 Å². The molecule has 102 valence electrons. The molecule has 3 nitrogen and oxygen atoms in total. The quantitative estimate of drug-likeness (QED) is 0.622. The van der Waals surface area contributed by atoms with E-state index in [2.05, 4.69) is 25.9 Å². The Hall–Kier alpha value is -1.12. The number of carbonyl (C=O) groups is 1. The van der Waals surface area contributed by atoms with Crippen LogP contribution in [-0.4, -0.2) is 15.6 Å². The minimum Gasteiger partial charge on any atom is -0.299 e. The molecule has 0 bridgehead atoms. The van der Waals surface area contributed by atoms with Gasteiger partial charge in [-0.3, -0.25) is 9.48 Å². The molecule has 1 aromatic rings. The van der Waals surface area contributed by atoms with Crippen LogP contribution in [0.3, 0.4) is 0 Å². The Morgan fingerprint density at radius 3 is 2.61 bits per heavy atom. The molecule has 0 aliphatic heterocycles. The van der Waals surface area contributed by atoms with Gasteiger partial charge in [-0.2, -0.15) is 5.10 Å². The highest BCUT2D eigenvalue weighted by molar-refractivity contribution is 5.80. The lowest BCUT2D eigenvalue weighted by atomic mass is 10.1. The molecule has 0 radical (unpaired) electrons. The molecule has 0 aliphatic carbocycles. The van der Waals surface area contributed by atoms with Gasteiger partial charge >= 0.3 is 0 Å². The summed E-state index contributed by atoms with van der Waals surface area (Å²) >= 11 is 0. The summed E-state index contributed by atoms with van der Waals surface area (Å²) in [5.74, 6) is 0.318. The number of nitrogens with zero attached hydrogens (tertiary/aromatic N) is 2. The lowest BCUT2D eigenvalue weighted by molar-refractivity contribution is -0.118. The third kappa shape index (κ3) is 4.63. The Morgan fingerprint density at radius 2 is 2.00 bits per heavy atom. The molecule has 0 aromatic carbocycles. The second kappa shape index (κ2) is 8.06. The van der Waals surface area contributed by atoms with Crippen LogP contribution in [0.25, 0.3) is 0 Å². The first-order valence-electron chi connectivity index (χ1n) is 7.26. The summed E-state index contributed by atoms with van der Waals surface area (Å²) in [7, 11) is 0. The van der Waals surface area contributed by atoms with E-state index in [1.807, 2.05) is 16.9 Å². The van der Waals surface area contributed by atoms with Gasteiger partial charge < -0.3 is 0 Å². The molecule has 1 rings (SSSR count). The first kappa shape index (κ1) is 14.9. The van der Waals surface area contributed by atoms with Crippen molar-refractivity contribution in [3.8, 4) is 0 Å². The van der Waals surface area contributed by atoms with Crippen LogP contribution in [0.15, 0.2) is 12.3 Å². The van der Waals surface area contributed by atoms with Crippen LogP contribution in [0.5, 0.6) is 0 Å².